The molecule has 1 aromatic rings. The van der Waals surface area contributed by atoms with Crippen LogP contribution in [0.1, 0.15) is 44.1 Å². The van der Waals surface area contributed by atoms with Crippen molar-refractivity contribution in [3.05, 3.63) is 29.8 Å². The number of halogens is 1. The molecule has 1 aliphatic rings. The van der Waals surface area contributed by atoms with Crippen LogP contribution in [0.4, 0.5) is 0 Å². The molecule has 1 aliphatic carbocycles. The smallest absolute Gasteiger partial charge is 0.224 e. The third kappa shape index (κ3) is 7.71. The largest absolute Gasteiger partial charge is 0.497 e. The zero-order valence-electron chi connectivity index (χ0n) is 14.0. The third-order valence-electron chi connectivity index (χ3n) is 4.23. The molecule has 2 N–H and O–H groups in total. The van der Waals surface area contributed by atoms with E-state index in [1.165, 1.54) is 38.5 Å². The van der Waals surface area contributed by atoms with Gasteiger partial charge in [0, 0.05) is 19.1 Å². The highest BCUT2D eigenvalue weighted by atomic mass is 35.5. The lowest BCUT2D eigenvalue weighted by Crippen LogP contribution is -2.37. The summed E-state index contributed by atoms with van der Waals surface area (Å²) in [7, 11) is 1.64. The Balaban J connectivity index is 0.00000264. The topological polar surface area (TPSA) is 50.4 Å². The first kappa shape index (κ1) is 19.8. The van der Waals surface area contributed by atoms with Crippen LogP contribution in [0, 0.1) is 0 Å². The Labute approximate surface area is 145 Å². The Hall–Kier alpha value is -1.26. The van der Waals surface area contributed by atoms with Gasteiger partial charge in [-0.15, -0.1) is 12.4 Å². The molecule has 0 bridgehead atoms. The predicted molar refractivity (Wildman–Crippen MR) is 96.4 cm³/mol. The van der Waals surface area contributed by atoms with Crippen molar-refractivity contribution in [2.24, 2.45) is 0 Å². The summed E-state index contributed by atoms with van der Waals surface area (Å²) in [5.41, 5.74) is 0.980. The molecule has 0 aliphatic heterocycles. The van der Waals surface area contributed by atoms with Crippen LogP contribution in [-0.4, -0.2) is 32.1 Å². The number of carbonyl (C=O) groups is 1. The summed E-state index contributed by atoms with van der Waals surface area (Å²) in [6.07, 6.45) is 8.36. The minimum absolute atomic E-state index is 0. The molecule has 130 valence electrons. The van der Waals surface area contributed by atoms with Crippen molar-refractivity contribution >= 4 is 18.3 Å². The van der Waals surface area contributed by atoms with Gasteiger partial charge in [0.25, 0.3) is 0 Å². The van der Waals surface area contributed by atoms with E-state index in [2.05, 4.69) is 10.6 Å². The second-order valence-corrected chi connectivity index (χ2v) is 6.02. The van der Waals surface area contributed by atoms with Gasteiger partial charge >= 0.3 is 0 Å². The zero-order valence-corrected chi connectivity index (χ0v) is 14.8. The van der Waals surface area contributed by atoms with Gasteiger partial charge in [-0.1, -0.05) is 37.8 Å². The lowest BCUT2D eigenvalue weighted by Gasteiger charge is -2.16. The molecule has 23 heavy (non-hydrogen) atoms. The summed E-state index contributed by atoms with van der Waals surface area (Å²) in [6.45, 7) is 1.55. The zero-order chi connectivity index (χ0) is 15.6. The molecule has 0 aromatic heterocycles. The second-order valence-electron chi connectivity index (χ2n) is 6.02. The lowest BCUT2D eigenvalue weighted by atomic mass is 10.1. The number of carbonyl (C=O) groups excluding carboxylic acids is 1. The van der Waals surface area contributed by atoms with Crippen molar-refractivity contribution in [2.45, 2.75) is 51.0 Å². The van der Waals surface area contributed by atoms with Gasteiger partial charge in [-0.25, -0.2) is 0 Å². The molecule has 0 unspecified atom stereocenters. The molecule has 0 radical (unpaired) electrons. The molecule has 0 spiro atoms. The number of methoxy groups -OCH3 is 1. The molecule has 0 heterocycles. The Bertz CT molecular complexity index is 460. The van der Waals surface area contributed by atoms with Gasteiger partial charge in [-0.3, -0.25) is 4.79 Å². The summed E-state index contributed by atoms with van der Waals surface area (Å²) < 4.78 is 5.17. The van der Waals surface area contributed by atoms with Crippen LogP contribution in [0.3, 0.4) is 0 Å². The molecule has 0 atom stereocenters. The molecule has 5 heteroatoms. The normalized spacial score (nSPS) is 15.3. The minimum Gasteiger partial charge on any atom is -0.497 e. The molecular formula is C18H29ClN2O2. The van der Waals surface area contributed by atoms with E-state index in [1.807, 2.05) is 24.3 Å². The number of rotatable bonds is 7. The van der Waals surface area contributed by atoms with Crippen LogP contribution in [-0.2, 0) is 11.2 Å². The SMILES string of the molecule is COc1cccc(CC(=O)NCCNC2CCCCCC2)c1.Cl. The number of nitrogens with one attached hydrogen (secondary N) is 2. The number of hydrogen-bond acceptors (Lipinski definition) is 3. The monoisotopic (exact) mass is 340 g/mol. The van der Waals surface area contributed by atoms with E-state index < -0.39 is 0 Å². The highest BCUT2D eigenvalue weighted by Gasteiger charge is 2.11. The van der Waals surface area contributed by atoms with E-state index in [9.17, 15) is 4.79 Å². The van der Waals surface area contributed by atoms with Crippen molar-refractivity contribution in [3.8, 4) is 5.75 Å². The van der Waals surface area contributed by atoms with Crippen molar-refractivity contribution in [2.75, 3.05) is 20.2 Å². The number of ether oxygens (including phenoxy) is 1. The highest BCUT2D eigenvalue weighted by molar-refractivity contribution is 5.85. The molecule has 1 fully saturated rings. The molecular weight excluding hydrogens is 312 g/mol. The van der Waals surface area contributed by atoms with Crippen LogP contribution in [0.2, 0.25) is 0 Å². The van der Waals surface area contributed by atoms with E-state index in [0.717, 1.165) is 17.9 Å². The van der Waals surface area contributed by atoms with Crippen LogP contribution in [0.25, 0.3) is 0 Å². The molecule has 1 saturated carbocycles. The maximum Gasteiger partial charge on any atom is 0.224 e. The van der Waals surface area contributed by atoms with Crippen molar-refractivity contribution in [1.29, 1.82) is 0 Å². The Morgan fingerprint density at radius 1 is 1.17 bits per heavy atom. The maximum absolute atomic E-state index is 11.9. The van der Waals surface area contributed by atoms with E-state index in [-0.39, 0.29) is 18.3 Å². The number of hydrogen-bond donors (Lipinski definition) is 2. The summed E-state index contributed by atoms with van der Waals surface area (Å²) >= 11 is 0. The standard InChI is InChI=1S/C18H28N2O2.ClH/c1-22-17-10-6-7-15(13-17)14-18(21)20-12-11-19-16-8-4-2-3-5-9-16;/h6-7,10,13,16,19H,2-5,8-9,11-12,14H2,1H3,(H,20,21);1H. The van der Waals surface area contributed by atoms with Gasteiger partial charge in [-0.2, -0.15) is 0 Å². The molecule has 1 aromatic carbocycles. The van der Waals surface area contributed by atoms with E-state index in [0.29, 0.717) is 19.0 Å². The van der Waals surface area contributed by atoms with E-state index >= 15 is 0 Å². The van der Waals surface area contributed by atoms with Gasteiger partial charge in [-0.05, 0) is 30.5 Å². The van der Waals surface area contributed by atoms with Gasteiger partial charge in [0.15, 0.2) is 0 Å². The third-order valence-corrected chi connectivity index (χ3v) is 4.23. The quantitative estimate of drug-likeness (QED) is 0.592. The maximum atomic E-state index is 11.9. The van der Waals surface area contributed by atoms with Crippen LogP contribution < -0.4 is 15.4 Å². The molecule has 0 saturated heterocycles. The second kappa shape index (κ2) is 11.3. The van der Waals surface area contributed by atoms with Crippen LogP contribution in [0.15, 0.2) is 24.3 Å². The van der Waals surface area contributed by atoms with Crippen LogP contribution in [0.5, 0.6) is 5.75 Å². The van der Waals surface area contributed by atoms with Crippen molar-refractivity contribution < 1.29 is 9.53 Å². The fraction of sp³-hybridized carbons (Fsp3) is 0.611. The summed E-state index contributed by atoms with van der Waals surface area (Å²) in [5.74, 6) is 0.858. The Morgan fingerprint density at radius 2 is 1.91 bits per heavy atom. The lowest BCUT2D eigenvalue weighted by molar-refractivity contribution is -0.120. The first-order chi connectivity index (χ1) is 10.8. The average molecular weight is 341 g/mol. The van der Waals surface area contributed by atoms with Crippen molar-refractivity contribution in [3.63, 3.8) is 0 Å². The fourth-order valence-corrected chi connectivity index (χ4v) is 2.99. The molecule has 2 rings (SSSR count). The molecule has 1 amide bonds. The highest BCUT2D eigenvalue weighted by Crippen LogP contribution is 2.16. The number of benzene rings is 1. The van der Waals surface area contributed by atoms with E-state index in [1.54, 1.807) is 7.11 Å². The average Bonchev–Trinajstić information content (AvgIpc) is 2.80. The van der Waals surface area contributed by atoms with Crippen molar-refractivity contribution in [1.82, 2.24) is 10.6 Å². The molecule has 4 nitrogen and oxygen atoms in total. The fourth-order valence-electron chi connectivity index (χ4n) is 2.99. The van der Waals surface area contributed by atoms with E-state index in [4.69, 9.17) is 4.74 Å². The number of amides is 1. The Morgan fingerprint density at radius 3 is 2.61 bits per heavy atom. The summed E-state index contributed by atoms with van der Waals surface area (Å²) in [5, 5.41) is 6.55. The Kier molecular flexibility index (Phi) is 9.72. The first-order valence-corrected chi connectivity index (χ1v) is 8.41. The van der Waals surface area contributed by atoms with Crippen LogP contribution >= 0.6 is 12.4 Å². The van der Waals surface area contributed by atoms with Gasteiger partial charge in [0.2, 0.25) is 5.91 Å². The predicted octanol–water partition coefficient (Wildman–Crippen LogP) is 3.09. The first-order valence-electron chi connectivity index (χ1n) is 8.41. The minimum atomic E-state index is 0. The van der Waals surface area contributed by atoms with Gasteiger partial charge in [0.1, 0.15) is 5.75 Å². The summed E-state index contributed by atoms with van der Waals surface area (Å²) in [4.78, 5) is 11.9. The van der Waals surface area contributed by atoms with Gasteiger partial charge < -0.3 is 15.4 Å². The summed E-state index contributed by atoms with van der Waals surface area (Å²) in [6, 6.07) is 8.29. The van der Waals surface area contributed by atoms with Gasteiger partial charge in [0.05, 0.1) is 13.5 Å².